The van der Waals surface area contributed by atoms with E-state index in [2.05, 4.69) is 22.1 Å². The van der Waals surface area contributed by atoms with E-state index >= 15 is 0 Å². The first-order chi connectivity index (χ1) is 17.4. The lowest BCUT2D eigenvalue weighted by Gasteiger charge is -2.17. The lowest BCUT2D eigenvalue weighted by atomic mass is 10.2. The normalized spacial score (nSPS) is 12.8. The number of sulfone groups is 1. The van der Waals surface area contributed by atoms with Crippen LogP contribution in [-0.4, -0.2) is 34.3 Å². The number of aromatic nitrogens is 3. The standard InChI is InChI=1S/C24H24ClF3N4O3S2/c1-4-12-32-21(14-37(34,35)17-9-6-15(3)7-10-17)30-31-23(32)36-20(5-2)22(33)29-19-13-16(24(26,27)28)8-11-18(19)25/h4,6-11,13,20H,1,5,12,14H2,2-3H3,(H,29,33). The second kappa shape index (κ2) is 11.7. The van der Waals surface area contributed by atoms with E-state index in [0.29, 0.717) is 6.42 Å². The van der Waals surface area contributed by atoms with Gasteiger partial charge in [-0.2, -0.15) is 13.2 Å². The molecule has 0 spiro atoms. The molecule has 0 aliphatic carbocycles. The quantitative estimate of drug-likeness (QED) is 0.239. The van der Waals surface area contributed by atoms with Gasteiger partial charge in [0, 0.05) is 6.54 Å². The Morgan fingerprint density at radius 3 is 2.49 bits per heavy atom. The fraction of sp³-hybridized carbons (Fsp3) is 0.292. The average Bonchev–Trinajstić information content (AvgIpc) is 3.18. The summed E-state index contributed by atoms with van der Waals surface area (Å²) in [5.74, 6) is -0.838. The lowest BCUT2D eigenvalue weighted by Crippen LogP contribution is -2.25. The molecular formula is C24H24ClF3N4O3S2. The third kappa shape index (κ3) is 7.14. The number of benzene rings is 2. The highest BCUT2D eigenvalue weighted by Crippen LogP contribution is 2.34. The maximum absolute atomic E-state index is 13.1. The van der Waals surface area contributed by atoms with Gasteiger partial charge in [0.15, 0.2) is 15.0 Å². The number of alkyl halides is 3. The van der Waals surface area contributed by atoms with Crippen LogP contribution in [-0.2, 0) is 33.1 Å². The van der Waals surface area contributed by atoms with Crippen LogP contribution >= 0.6 is 23.4 Å². The number of carbonyl (C=O) groups is 1. The van der Waals surface area contributed by atoms with Gasteiger partial charge in [-0.05, 0) is 43.7 Å². The summed E-state index contributed by atoms with van der Waals surface area (Å²) < 4.78 is 66.6. The topological polar surface area (TPSA) is 93.9 Å². The van der Waals surface area contributed by atoms with Crippen molar-refractivity contribution in [1.82, 2.24) is 14.8 Å². The molecule has 2 aromatic carbocycles. The molecule has 1 amide bonds. The molecule has 0 radical (unpaired) electrons. The zero-order valence-electron chi connectivity index (χ0n) is 19.9. The Morgan fingerprint density at radius 2 is 1.89 bits per heavy atom. The average molecular weight is 573 g/mol. The van der Waals surface area contributed by atoms with Gasteiger partial charge in [0.1, 0.15) is 11.6 Å². The summed E-state index contributed by atoms with van der Waals surface area (Å²) in [6.45, 7) is 7.45. The van der Waals surface area contributed by atoms with E-state index < -0.39 is 38.5 Å². The third-order valence-electron chi connectivity index (χ3n) is 5.27. The second-order valence-electron chi connectivity index (χ2n) is 8.07. The molecule has 0 saturated heterocycles. The van der Waals surface area contributed by atoms with E-state index in [1.54, 1.807) is 25.1 Å². The Labute approximate surface area is 222 Å². The Kier molecular flexibility index (Phi) is 9.09. The molecule has 0 bridgehead atoms. The number of carbonyl (C=O) groups excluding carboxylic acids is 1. The van der Waals surface area contributed by atoms with E-state index in [1.165, 1.54) is 16.7 Å². The first kappa shape index (κ1) is 28.7. The number of allylic oxidation sites excluding steroid dienone is 1. The zero-order valence-corrected chi connectivity index (χ0v) is 22.3. The fourth-order valence-corrected chi connectivity index (χ4v) is 5.70. The molecule has 198 valence electrons. The summed E-state index contributed by atoms with van der Waals surface area (Å²) in [4.78, 5) is 13.1. The maximum atomic E-state index is 13.1. The van der Waals surface area contributed by atoms with Gasteiger partial charge < -0.3 is 9.88 Å². The van der Waals surface area contributed by atoms with Gasteiger partial charge in [-0.25, -0.2) is 8.42 Å². The van der Waals surface area contributed by atoms with Gasteiger partial charge in [-0.15, -0.1) is 16.8 Å². The Bertz CT molecular complexity index is 1390. The third-order valence-corrected chi connectivity index (χ3v) is 8.57. The van der Waals surface area contributed by atoms with Crippen LogP contribution < -0.4 is 5.32 Å². The molecule has 0 aliphatic heterocycles. The number of aryl methyl sites for hydroxylation is 1. The number of amides is 1. The van der Waals surface area contributed by atoms with Crippen molar-refractivity contribution in [2.45, 2.75) is 54.0 Å². The van der Waals surface area contributed by atoms with Crippen molar-refractivity contribution >= 4 is 44.8 Å². The molecule has 13 heteroatoms. The Morgan fingerprint density at radius 1 is 1.22 bits per heavy atom. The molecule has 0 aliphatic rings. The van der Waals surface area contributed by atoms with Crippen LogP contribution in [0.2, 0.25) is 5.02 Å². The molecule has 1 aromatic heterocycles. The molecule has 1 atom stereocenters. The number of anilines is 1. The molecule has 1 unspecified atom stereocenters. The molecule has 7 nitrogen and oxygen atoms in total. The Balaban J connectivity index is 1.83. The summed E-state index contributed by atoms with van der Waals surface area (Å²) in [7, 11) is -3.72. The summed E-state index contributed by atoms with van der Waals surface area (Å²) in [6.07, 6.45) is -2.76. The van der Waals surface area contributed by atoms with Crippen LogP contribution in [0, 0.1) is 6.92 Å². The van der Waals surface area contributed by atoms with Crippen LogP contribution in [0.15, 0.2) is 65.2 Å². The molecule has 1 heterocycles. The molecule has 37 heavy (non-hydrogen) atoms. The number of rotatable bonds is 10. The van der Waals surface area contributed by atoms with Crippen LogP contribution in [0.25, 0.3) is 0 Å². The lowest BCUT2D eigenvalue weighted by molar-refractivity contribution is -0.137. The van der Waals surface area contributed by atoms with Gasteiger partial charge in [-0.1, -0.05) is 54.1 Å². The van der Waals surface area contributed by atoms with E-state index in [9.17, 15) is 26.4 Å². The van der Waals surface area contributed by atoms with Crippen molar-refractivity contribution in [3.8, 4) is 0 Å². The highest BCUT2D eigenvalue weighted by atomic mass is 35.5. The zero-order chi connectivity index (χ0) is 27.4. The highest BCUT2D eigenvalue weighted by Gasteiger charge is 2.32. The smallest absolute Gasteiger partial charge is 0.324 e. The van der Waals surface area contributed by atoms with E-state index in [0.717, 1.165) is 35.5 Å². The van der Waals surface area contributed by atoms with Crippen LogP contribution in [0.1, 0.15) is 30.3 Å². The molecular weight excluding hydrogens is 549 g/mol. The van der Waals surface area contributed by atoms with Gasteiger partial charge in [0.05, 0.1) is 26.4 Å². The van der Waals surface area contributed by atoms with Crippen molar-refractivity contribution in [2.75, 3.05) is 5.32 Å². The maximum Gasteiger partial charge on any atom is 0.416 e. The number of hydrogen-bond donors (Lipinski definition) is 1. The van der Waals surface area contributed by atoms with Crippen LogP contribution in [0.4, 0.5) is 18.9 Å². The minimum atomic E-state index is -4.60. The minimum absolute atomic E-state index is 0.0420. The van der Waals surface area contributed by atoms with Gasteiger partial charge in [0.2, 0.25) is 5.91 Å². The molecule has 1 N–H and O–H groups in total. The highest BCUT2D eigenvalue weighted by molar-refractivity contribution is 8.00. The number of nitrogens with zero attached hydrogens (tertiary/aromatic N) is 3. The van der Waals surface area contributed by atoms with Crippen molar-refractivity contribution in [3.05, 3.63) is 77.1 Å². The largest absolute Gasteiger partial charge is 0.416 e. The summed E-state index contributed by atoms with van der Waals surface area (Å²) >= 11 is 7.02. The van der Waals surface area contributed by atoms with Gasteiger partial charge in [-0.3, -0.25) is 4.79 Å². The summed E-state index contributed by atoms with van der Waals surface area (Å²) in [5, 5.41) is 10.0. The van der Waals surface area contributed by atoms with Crippen molar-refractivity contribution in [2.24, 2.45) is 0 Å². The van der Waals surface area contributed by atoms with E-state index in [1.807, 2.05) is 6.92 Å². The summed E-state index contributed by atoms with van der Waals surface area (Å²) in [6, 6.07) is 9.10. The first-order valence-electron chi connectivity index (χ1n) is 11.0. The monoisotopic (exact) mass is 572 g/mol. The van der Waals surface area contributed by atoms with E-state index in [-0.39, 0.29) is 33.1 Å². The predicted octanol–water partition coefficient (Wildman–Crippen LogP) is 5.93. The van der Waals surface area contributed by atoms with Crippen molar-refractivity contribution in [1.29, 1.82) is 0 Å². The van der Waals surface area contributed by atoms with Crippen molar-refractivity contribution < 1.29 is 26.4 Å². The molecule has 3 rings (SSSR count). The molecule has 3 aromatic rings. The van der Waals surface area contributed by atoms with Crippen LogP contribution in [0.3, 0.4) is 0 Å². The van der Waals surface area contributed by atoms with Crippen LogP contribution in [0.5, 0.6) is 0 Å². The van der Waals surface area contributed by atoms with Gasteiger partial charge >= 0.3 is 6.18 Å². The molecule has 0 fully saturated rings. The first-order valence-corrected chi connectivity index (χ1v) is 13.9. The Hall–Kier alpha value is -2.83. The summed E-state index contributed by atoms with van der Waals surface area (Å²) in [5.41, 5.74) is -0.196. The van der Waals surface area contributed by atoms with Crippen molar-refractivity contribution in [3.63, 3.8) is 0 Å². The van der Waals surface area contributed by atoms with Gasteiger partial charge in [0.25, 0.3) is 0 Å². The number of hydrogen-bond acceptors (Lipinski definition) is 6. The second-order valence-corrected chi connectivity index (χ2v) is 11.6. The number of nitrogens with one attached hydrogen (secondary N) is 1. The molecule has 0 saturated carbocycles. The SMILES string of the molecule is C=CCn1c(CS(=O)(=O)c2ccc(C)cc2)nnc1SC(CC)C(=O)Nc1cc(C(F)(F)F)ccc1Cl. The minimum Gasteiger partial charge on any atom is -0.324 e. The van der Waals surface area contributed by atoms with E-state index in [4.69, 9.17) is 11.6 Å². The fourth-order valence-electron chi connectivity index (χ4n) is 3.28. The number of halogens is 4. The number of thioether (sulfide) groups is 1. The predicted molar refractivity (Wildman–Crippen MR) is 137 cm³/mol.